The quantitative estimate of drug-likeness (QED) is 0.757. The van der Waals surface area contributed by atoms with Crippen LogP contribution >= 0.6 is 23.4 Å². The molecule has 1 aromatic carbocycles. The molecule has 3 N–H and O–H groups in total. The number of carboxylic acid groups (broad SMARTS) is 1. The molecule has 0 radical (unpaired) electrons. The van der Waals surface area contributed by atoms with Gasteiger partial charge in [-0.25, -0.2) is 0 Å². The Hall–Kier alpha value is -0.710. The van der Waals surface area contributed by atoms with E-state index in [0.29, 0.717) is 6.42 Å². The number of nitrogens with two attached hydrogens (primary N) is 1. The second-order valence-electron chi connectivity index (χ2n) is 4.19. The highest BCUT2D eigenvalue weighted by atomic mass is 35.5. The van der Waals surface area contributed by atoms with Crippen LogP contribution in [0.25, 0.3) is 0 Å². The highest BCUT2D eigenvalue weighted by molar-refractivity contribution is 7.99. The van der Waals surface area contributed by atoms with Crippen LogP contribution in [0.2, 0.25) is 5.02 Å². The van der Waals surface area contributed by atoms with Gasteiger partial charge in [0.25, 0.3) is 0 Å². The highest BCUT2D eigenvalue weighted by Gasteiger charge is 2.10. The zero-order valence-electron chi connectivity index (χ0n) is 10.4. The standard InChI is InChI=1S/C13H18ClNO2S/c1-9-2-3-10(11(14)8-9)4-6-18-7-5-12(15)13(16)17/h2-3,8,12H,4-7,15H2,1H3,(H,16,17). The van der Waals surface area contributed by atoms with Gasteiger partial charge in [-0.05, 0) is 48.5 Å². The van der Waals surface area contributed by atoms with Crippen molar-refractivity contribution in [2.75, 3.05) is 11.5 Å². The number of aryl methyl sites for hydroxylation is 2. The Kier molecular flexibility index (Phi) is 6.54. The van der Waals surface area contributed by atoms with Crippen LogP contribution in [0.3, 0.4) is 0 Å². The first-order valence-electron chi connectivity index (χ1n) is 5.82. The maximum absolute atomic E-state index is 10.5. The van der Waals surface area contributed by atoms with Crippen molar-refractivity contribution in [3.8, 4) is 0 Å². The minimum Gasteiger partial charge on any atom is -0.480 e. The van der Waals surface area contributed by atoms with Gasteiger partial charge in [-0.1, -0.05) is 23.7 Å². The number of carboxylic acids is 1. The van der Waals surface area contributed by atoms with E-state index in [9.17, 15) is 4.79 Å². The minimum absolute atomic E-state index is 0.502. The Morgan fingerprint density at radius 3 is 2.83 bits per heavy atom. The predicted octanol–water partition coefficient (Wildman–Crippen LogP) is 2.73. The molecule has 0 spiro atoms. The lowest BCUT2D eigenvalue weighted by atomic mass is 10.1. The van der Waals surface area contributed by atoms with Crippen LogP contribution in [0.1, 0.15) is 17.5 Å². The average Bonchev–Trinajstić information content (AvgIpc) is 2.30. The van der Waals surface area contributed by atoms with Crippen LogP contribution in [-0.2, 0) is 11.2 Å². The lowest BCUT2D eigenvalue weighted by molar-refractivity contribution is -0.138. The summed E-state index contributed by atoms with van der Waals surface area (Å²) in [4.78, 5) is 10.5. The molecule has 1 atom stereocenters. The molecule has 100 valence electrons. The normalized spacial score (nSPS) is 12.4. The zero-order valence-corrected chi connectivity index (χ0v) is 11.9. The van der Waals surface area contributed by atoms with Crippen LogP contribution in [-0.4, -0.2) is 28.6 Å². The number of aliphatic carboxylic acids is 1. The van der Waals surface area contributed by atoms with Crippen LogP contribution in [0.5, 0.6) is 0 Å². The third kappa shape index (κ3) is 5.29. The van der Waals surface area contributed by atoms with Gasteiger partial charge in [-0.15, -0.1) is 0 Å². The van der Waals surface area contributed by atoms with E-state index in [0.717, 1.165) is 34.1 Å². The fourth-order valence-corrected chi connectivity index (χ4v) is 2.79. The fraction of sp³-hybridized carbons (Fsp3) is 0.462. The molecule has 0 bridgehead atoms. The number of benzene rings is 1. The molecule has 1 unspecified atom stereocenters. The summed E-state index contributed by atoms with van der Waals surface area (Å²) in [6, 6.07) is 5.30. The van der Waals surface area contributed by atoms with Crippen molar-refractivity contribution in [2.45, 2.75) is 25.8 Å². The second kappa shape index (κ2) is 7.67. The number of carbonyl (C=O) groups is 1. The van der Waals surface area contributed by atoms with Crippen LogP contribution < -0.4 is 5.73 Å². The van der Waals surface area contributed by atoms with E-state index in [-0.39, 0.29) is 0 Å². The third-order valence-corrected chi connectivity index (χ3v) is 3.98. The van der Waals surface area contributed by atoms with E-state index in [4.69, 9.17) is 22.4 Å². The predicted molar refractivity (Wildman–Crippen MR) is 77.4 cm³/mol. The van der Waals surface area contributed by atoms with Gasteiger partial charge in [-0.3, -0.25) is 4.79 Å². The largest absolute Gasteiger partial charge is 0.480 e. The summed E-state index contributed by atoms with van der Waals surface area (Å²) >= 11 is 7.83. The summed E-state index contributed by atoms with van der Waals surface area (Å²) < 4.78 is 0. The molecule has 1 rings (SSSR count). The molecule has 0 amide bonds. The SMILES string of the molecule is Cc1ccc(CCSCCC(N)C(=O)O)c(Cl)c1. The smallest absolute Gasteiger partial charge is 0.320 e. The van der Waals surface area contributed by atoms with Crippen molar-refractivity contribution in [2.24, 2.45) is 5.73 Å². The monoisotopic (exact) mass is 287 g/mol. The van der Waals surface area contributed by atoms with Gasteiger partial charge in [0, 0.05) is 5.02 Å². The Morgan fingerprint density at radius 2 is 2.22 bits per heavy atom. The van der Waals surface area contributed by atoms with E-state index in [1.807, 2.05) is 25.1 Å². The summed E-state index contributed by atoms with van der Waals surface area (Å²) in [5.41, 5.74) is 7.71. The first kappa shape index (κ1) is 15.3. The first-order valence-corrected chi connectivity index (χ1v) is 7.35. The highest BCUT2D eigenvalue weighted by Crippen LogP contribution is 2.19. The Balaban J connectivity index is 2.24. The van der Waals surface area contributed by atoms with Crippen LogP contribution in [0.15, 0.2) is 18.2 Å². The van der Waals surface area contributed by atoms with Gasteiger partial charge in [0.2, 0.25) is 0 Å². The van der Waals surface area contributed by atoms with Gasteiger partial charge in [0.15, 0.2) is 0 Å². The van der Waals surface area contributed by atoms with Gasteiger partial charge in [-0.2, -0.15) is 11.8 Å². The average molecular weight is 288 g/mol. The molecule has 1 aromatic rings. The van der Waals surface area contributed by atoms with Gasteiger partial charge in [0.05, 0.1) is 0 Å². The molecule has 0 aliphatic carbocycles. The topological polar surface area (TPSA) is 63.3 Å². The Bertz CT molecular complexity index is 412. The van der Waals surface area contributed by atoms with Gasteiger partial charge >= 0.3 is 5.97 Å². The van der Waals surface area contributed by atoms with Crippen molar-refractivity contribution < 1.29 is 9.90 Å². The van der Waals surface area contributed by atoms with Crippen LogP contribution in [0, 0.1) is 6.92 Å². The summed E-state index contributed by atoms with van der Waals surface area (Å²) in [6.07, 6.45) is 1.40. The Labute approximate surface area is 117 Å². The van der Waals surface area contributed by atoms with Gasteiger partial charge in [0.1, 0.15) is 6.04 Å². The third-order valence-electron chi connectivity index (χ3n) is 2.61. The van der Waals surface area contributed by atoms with E-state index in [1.165, 1.54) is 0 Å². The molecule has 0 aliphatic rings. The minimum atomic E-state index is -0.933. The maximum atomic E-state index is 10.5. The molecule has 0 aromatic heterocycles. The Morgan fingerprint density at radius 1 is 1.50 bits per heavy atom. The summed E-state index contributed by atoms with van der Waals surface area (Å²) in [6.45, 7) is 2.01. The van der Waals surface area contributed by atoms with E-state index in [2.05, 4.69) is 0 Å². The van der Waals surface area contributed by atoms with Crippen LogP contribution in [0.4, 0.5) is 0 Å². The van der Waals surface area contributed by atoms with Crippen molar-refractivity contribution in [3.05, 3.63) is 34.3 Å². The molecule has 3 nitrogen and oxygen atoms in total. The molecule has 0 fully saturated rings. The molecule has 18 heavy (non-hydrogen) atoms. The van der Waals surface area contributed by atoms with E-state index in [1.54, 1.807) is 11.8 Å². The lowest BCUT2D eigenvalue weighted by Crippen LogP contribution is -2.30. The fourth-order valence-electron chi connectivity index (χ4n) is 1.47. The van der Waals surface area contributed by atoms with Crippen molar-refractivity contribution in [3.63, 3.8) is 0 Å². The van der Waals surface area contributed by atoms with E-state index < -0.39 is 12.0 Å². The first-order chi connectivity index (χ1) is 8.50. The number of hydrogen-bond donors (Lipinski definition) is 2. The zero-order chi connectivity index (χ0) is 13.5. The molecular formula is C13H18ClNO2S. The summed E-state index contributed by atoms with van der Waals surface area (Å²) in [7, 11) is 0. The molecule has 0 saturated heterocycles. The van der Waals surface area contributed by atoms with Crippen molar-refractivity contribution in [1.29, 1.82) is 0 Å². The number of hydrogen-bond acceptors (Lipinski definition) is 3. The number of rotatable bonds is 7. The molecular weight excluding hydrogens is 270 g/mol. The molecule has 5 heteroatoms. The molecule has 0 saturated carbocycles. The van der Waals surface area contributed by atoms with E-state index >= 15 is 0 Å². The summed E-state index contributed by atoms with van der Waals surface area (Å²) in [5, 5.41) is 9.43. The molecule has 0 aliphatic heterocycles. The summed E-state index contributed by atoms with van der Waals surface area (Å²) in [5.74, 6) is 0.753. The van der Waals surface area contributed by atoms with Crippen molar-refractivity contribution >= 4 is 29.3 Å². The second-order valence-corrected chi connectivity index (χ2v) is 5.82. The van der Waals surface area contributed by atoms with Crippen molar-refractivity contribution in [1.82, 2.24) is 0 Å². The lowest BCUT2D eigenvalue weighted by Gasteiger charge is -2.07. The molecule has 0 heterocycles. The van der Waals surface area contributed by atoms with Gasteiger partial charge < -0.3 is 10.8 Å². The maximum Gasteiger partial charge on any atom is 0.320 e. The number of thioether (sulfide) groups is 1. The number of halogens is 1.